The lowest BCUT2D eigenvalue weighted by Crippen LogP contribution is -2.24. The van der Waals surface area contributed by atoms with Crippen molar-refractivity contribution in [2.75, 3.05) is 6.54 Å². The molecule has 4 nitrogen and oxygen atoms in total. The minimum absolute atomic E-state index is 0.173. The van der Waals surface area contributed by atoms with E-state index in [9.17, 15) is 4.79 Å². The first kappa shape index (κ1) is 7.58. The van der Waals surface area contributed by atoms with E-state index >= 15 is 0 Å². The lowest BCUT2D eigenvalue weighted by molar-refractivity contribution is 0.149. The molecule has 0 saturated heterocycles. The monoisotopic (exact) mass is 136 g/mol. The van der Waals surface area contributed by atoms with Crippen molar-refractivity contribution in [1.29, 1.82) is 0 Å². The fraction of sp³-hybridized carbons (Fsp3) is 0.667. The van der Waals surface area contributed by atoms with Crippen molar-refractivity contribution >= 4 is 18.7 Å². The zero-order valence-electron chi connectivity index (χ0n) is 4.20. The van der Waals surface area contributed by atoms with Crippen molar-refractivity contribution in [2.24, 2.45) is 11.5 Å². The van der Waals surface area contributed by atoms with E-state index in [-0.39, 0.29) is 6.54 Å². The highest BCUT2D eigenvalue weighted by atomic mass is 32.1. The van der Waals surface area contributed by atoms with E-state index in [1.54, 1.807) is 0 Å². The largest absolute Gasteiger partial charge is 0.434 e. The number of hydrogen-bond acceptors (Lipinski definition) is 4. The predicted molar refractivity (Wildman–Crippen MR) is 32.5 cm³/mol. The van der Waals surface area contributed by atoms with Gasteiger partial charge in [-0.2, -0.15) is 0 Å². The summed E-state index contributed by atoms with van der Waals surface area (Å²) >= 11 is 3.72. The maximum absolute atomic E-state index is 9.86. The van der Waals surface area contributed by atoms with Gasteiger partial charge < -0.3 is 16.2 Å². The van der Waals surface area contributed by atoms with Gasteiger partial charge in [0.2, 0.25) is 0 Å². The van der Waals surface area contributed by atoms with E-state index in [0.717, 1.165) is 0 Å². The maximum atomic E-state index is 9.86. The van der Waals surface area contributed by atoms with E-state index in [0.29, 0.717) is 0 Å². The van der Waals surface area contributed by atoms with Crippen LogP contribution in [0.25, 0.3) is 0 Å². The highest BCUT2D eigenvalue weighted by molar-refractivity contribution is 7.80. The molecule has 4 N–H and O–H groups in total. The van der Waals surface area contributed by atoms with Crippen LogP contribution < -0.4 is 11.5 Å². The molecule has 0 aromatic rings. The third-order valence-electron chi connectivity index (χ3n) is 0.454. The van der Waals surface area contributed by atoms with Gasteiger partial charge in [0, 0.05) is 6.54 Å². The van der Waals surface area contributed by atoms with E-state index in [2.05, 4.69) is 23.1 Å². The second kappa shape index (κ2) is 3.57. The van der Waals surface area contributed by atoms with Crippen LogP contribution in [-0.4, -0.2) is 18.1 Å². The van der Waals surface area contributed by atoms with Crippen LogP contribution in [0.2, 0.25) is 0 Å². The average molecular weight is 136 g/mol. The number of primary amides is 1. The van der Waals surface area contributed by atoms with Crippen LogP contribution in [0.4, 0.5) is 4.79 Å². The summed E-state index contributed by atoms with van der Waals surface area (Å²) in [7, 11) is 0. The fourth-order valence-electron chi connectivity index (χ4n) is 0.182. The number of carbonyl (C=O) groups is 1. The van der Waals surface area contributed by atoms with E-state index in [4.69, 9.17) is 5.73 Å². The van der Waals surface area contributed by atoms with Gasteiger partial charge in [-0.25, -0.2) is 4.79 Å². The molecule has 0 aliphatic carbocycles. The van der Waals surface area contributed by atoms with Crippen molar-refractivity contribution in [3.05, 3.63) is 0 Å². The SMILES string of the molecule is NCC(S)OC(N)=O. The molecule has 0 heterocycles. The first-order valence-electron chi connectivity index (χ1n) is 2.01. The standard InChI is InChI=1S/C3H8N2O2S/c4-1-2(8)7-3(5)6/h2,8H,1,4H2,(H2,5,6). The van der Waals surface area contributed by atoms with E-state index in [1.807, 2.05) is 0 Å². The van der Waals surface area contributed by atoms with Gasteiger partial charge in [-0.3, -0.25) is 0 Å². The molecule has 1 unspecified atom stereocenters. The van der Waals surface area contributed by atoms with Crippen LogP contribution in [0.3, 0.4) is 0 Å². The van der Waals surface area contributed by atoms with Crippen molar-refractivity contribution < 1.29 is 9.53 Å². The third-order valence-corrected chi connectivity index (χ3v) is 0.770. The van der Waals surface area contributed by atoms with Crippen molar-refractivity contribution in [2.45, 2.75) is 5.44 Å². The summed E-state index contributed by atoms with van der Waals surface area (Å²) in [4.78, 5) is 9.86. The second-order valence-corrected chi connectivity index (χ2v) is 1.70. The summed E-state index contributed by atoms with van der Waals surface area (Å²) < 4.78 is 4.28. The van der Waals surface area contributed by atoms with Crippen LogP contribution in [0.5, 0.6) is 0 Å². The Balaban J connectivity index is 3.24. The van der Waals surface area contributed by atoms with Crippen molar-refractivity contribution in [1.82, 2.24) is 0 Å². The topological polar surface area (TPSA) is 78.3 Å². The zero-order chi connectivity index (χ0) is 6.57. The summed E-state index contributed by atoms with van der Waals surface area (Å²) in [6.45, 7) is 0.173. The minimum atomic E-state index is -0.851. The van der Waals surface area contributed by atoms with Gasteiger partial charge >= 0.3 is 6.09 Å². The fourth-order valence-corrected chi connectivity index (χ4v) is 0.286. The molecule has 0 fully saturated rings. The highest BCUT2D eigenvalue weighted by Gasteiger charge is 2.01. The molecule has 0 radical (unpaired) electrons. The summed E-state index contributed by atoms with van der Waals surface area (Å²) in [6, 6.07) is 0. The van der Waals surface area contributed by atoms with Gasteiger partial charge in [-0.1, -0.05) is 0 Å². The molecule has 5 heteroatoms. The lowest BCUT2D eigenvalue weighted by atomic mass is 10.7. The molecule has 0 saturated carbocycles. The summed E-state index contributed by atoms with van der Waals surface area (Å²) in [5.41, 5.74) is 9.04. The Bertz CT molecular complexity index is 87.4. The van der Waals surface area contributed by atoms with Gasteiger partial charge in [0.05, 0.1) is 0 Å². The Morgan fingerprint density at radius 2 is 2.38 bits per heavy atom. The molecule has 0 aliphatic rings. The summed E-state index contributed by atoms with van der Waals surface area (Å²) in [5.74, 6) is 0. The third kappa shape index (κ3) is 3.76. The minimum Gasteiger partial charge on any atom is -0.434 e. The van der Waals surface area contributed by atoms with Crippen LogP contribution in [-0.2, 0) is 4.74 Å². The molecule has 0 spiro atoms. The molecular formula is C3H8N2O2S. The Morgan fingerprint density at radius 3 is 2.50 bits per heavy atom. The van der Waals surface area contributed by atoms with E-state index < -0.39 is 11.5 Å². The van der Waals surface area contributed by atoms with Crippen molar-refractivity contribution in [3.8, 4) is 0 Å². The van der Waals surface area contributed by atoms with Crippen LogP contribution >= 0.6 is 12.6 Å². The molecular weight excluding hydrogens is 128 g/mol. The molecule has 8 heavy (non-hydrogen) atoms. The second-order valence-electron chi connectivity index (χ2n) is 1.13. The highest BCUT2D eigenvalue weighted by Crippen LogP contribution is 1.91. The first-order chi connectivity index (χ1) is 3.66. The Kier molecular flexibility index (Phi) is 3.38. The number of ether oxygens (including phenoxy) is 1. The molecule has 48 valence electrons. The molecule has 0 rings (SSSR count). The van der Waals surface area contributed by atoms with E-state index in [1.165, 1.54) is 0 Å². The number of rotatable bonds is 2. The molecule has 0 aromatic carbocycles. The van der Waals surface area contributed by atoms with Gasteiger partial charge in [-0.05, 0) is 0 Å². The number of nitrogens with two attached hydrogens (primary N) is 2. The molecule has 0 bridgehead atoms. The van der Waals surface area contributed by atoms with Crippen LogP contribution in [0.15, 0.2) is 0 Å². The number of thiol groups is 1. The van der Waals surface area contributed by atoms with Gasteiger partial charge in [0.25, 0.3) is 0 Å². The number of carbonyl (C=O) groups excluding carboxylic acids is 1. The van der Waals surface area contributed by atoms with Gasteiger partial charge in [-0.15, -0.1) is 12.6 Å². The smallest absolute Gasteiger partial charge is 0.405 e. The Morgan fingerprint density at radius 1 is 1.88 bits per heavy atom. The summed E-state index contributed by atoms with van der Waals surface area (Å²) in [6.07, 6.45) is -0.851. The molecule has 0 aromatic heterocycles. The molecule has 1 atom stereocenters. The van der Waals surface area contributed by atoms with Crippen LogP contribution in [0.1, 0.15) is 0 Å². The molecule has 0 aliphatic heterocycles. The Labute approximate surface area is 52.6 Å². The zero-order valence-corrected chi connectivity index (χ0v) is 5.10. The summed E-state index contributed by atoms with van der Waals surface area (Å²) in [5, 5.41) is 0. The quantitative estimate of drug-likeness (QED) is 0.347. The lowest BCUT2D eigenvalue weighted by Gasteiger charge is -2.04. The van der Waals surface area contributed by atoms with Crippen LogP contribution in [0, 0.1) is 0 Å². The predicted octanol–water partition coefficient (Wildman–Crippen LogP) is -0.704. The normalized spacial score (nSPS) is 12.8. The average Bonchev–Trinajstić information content (AvgIpc) is 1.65. The van der Waals surface area contributed by atoms with Crippen molar-refractivity contribution in [3.63, 3.8) is 0 Å². The first-order valence-corrected chi connectivity index (χ1v) is 2.52. The Hall–Kier alpha value is -0.420. The molecule has 1 amide bonds. The van der Waals surface area contributed by atoms with Gasteiger partial charge in [0.15, 0.2) is 5.44 Å². The number of amides is 1. The number of hydrogen-bond donors (Lipinski definition) is 3. The van der Waals surface area contributed by atoms with Gasteiger partial charge in [0.1, 0.15) is 0 Å². The maximum Gasteiger partial charge on any atom is 0.405 e.